The number of aryl methyl sites for hydroxylation is 1. The van der Waals surface area contributed by atoms with Gasteiger partial charge < -0.3 is 5.32 Å². The summed E-state index contributed by atoms with van der Waals surface area (Å²) in [4.78, 5) is 8.91. The van der Waals surface area contributed by atoms with E-state index < -0.39 is 0 Å². The van der Waals surface area contributed by atoms with E-state index in [1.807, 2.05) is 11.3 Å². The Hall–Kier alpha value is -0.450. The molecule has 2 heterocycles. The monoisotopic (exact) mass is 295 g/mol. The lowest BCUT2D eigenvalue weighted by atomic mass is 10.2. The summed E-state index contributed by atoms with van der Waals surface area (Å²) in [5.41, 5.74) is 1.34. The lowest BCUT2D eigenvalue weighted by molar-refractivity contribution is 0.330. The van der Waals surface area contributed by atoms with Crippen molar-refractivity contribution in [3.8, 4) is 0 Å². The Bertz CT molecular complexity index is 396. The highest BCUT2D eigenvalue weighted by atomic mass is 32.1. The van der Waals surface area contributed by atoms with Crippen molar-refractivity contribution < 1.29 is 0 Å². The number of hydrogen-bond donors (Lipinski definition) is 1. The zero-order valence-corrected chi connectivity index (χ0v) is 14.1. The molecule has 1 unspecified atom stereocenters. The normalized spacial score (nSPS) is 17.8. The minimum Gasteiger partial charge on any atom is -0.309 e. The Balaban J connectivity index is 1.98. The molecule has 1 aliphatic rings. The topological polar surface area (TPSA) is 28.2 Å². The second kappa shape index (κ2) is 8.11. The Morgan fingerprint density at radius 2 is 2.05 bits per heavy atom. The lowest BCUT2D eigenvalue weighted by Crippen LogP contribution is -2.24. The molecule has 0 aliphatic carbocycles. The highest BCUT2D eigenvalue weighted by Gasteiger charge is 2.16. The average Bonchev–Trinajstić information content (AvgIpc) is 3.07. The van der Waals surface area contributed by atoms with Crippen molar-refractivity contribution in [3.05, 3.63) is 15.6 Å². The van der Waals surface area contributed by atoms with Gasteiger partial charge in [0.05, 0.1) is 12.2 Å². The fourth-order valence-corrected chi connectivity index (χ4v) is 3.73. The van der Waals surface area contributed by atoms with Gasteiger partial charge in [0.25, 0.3) is 0 Å². The molecule has 0 saturated carbocycles. The van der Waals surface area contributed by atoms with E-state index in [2.05, 4.69) is 31.0 Å². The van der Waals surface area contributed by atoms with Crippen molar-refractivity contribution in [2.75, 3.05) is 13.1 Å². The molecule has 0 radical (unpaired) electrons. The van der Waals surface area contributed by atoms with Gasteiger partial charge in [-0.1, -0.05) is 20.3 Å². The van der Waals surface area contributed by atoms with Crippen LogP contribution in [0.4, 0.5) is 0 Å². The van der Waals surface area contributed by atoms with Crippen molar-refractivity contribution in [1.29, 1.82) is 0 Å². The van der Waals surface area contributed by atoms with Crippen molar-refractivity contribution in [3.63, 3.8) is 0 Å². The number of nitrogens with one attached hydrogen (secondary N) is 1. The molecule has 0 bridgehead atoms. The van der Waals surface area contributed by atoms with Crippen LogP contribution in [0.5, 0.6) is 0 Å². The number of thiazole rings is 1. The average molecular weight is 295 g/mol. The molecule has 0 aromatic carbocycles. The van der Waals surface area contributed by atoms with Gasteiger partial charge in [-0.25, -0.2) is 4.98 Å². The van der Waals surface area contributed by atoms with E-state index in [0.717, 1.165) is 19.5 Å². The predicted molar refractivity (Wildman–Crippen MR) is 87.2 cm³/mol. The van der Waals surface area contributed by atoms with Gasteiger partial charge in [0.1, 0.15) is 5.01 Å². The van der Waals surface area contributed by atoms with Crippen LogP contribution >= 0.6 is 11.3 Å². The first kappa shape index (κ1) is 15.9. The van der Waals surface area contributed by atoms with Gasteiger partial charge in [0.2, 0.25) is 0 Å². The molecule has 1 aromatic heterocycles. The molecule has 3 nitrogen and oxygen atoms in total. The van der Waals surface area contributed by atoms with Gasteiger partial charge in [-0.05, 0) is 45.7 Å². The molecule has 20 heavy (non-hydrogen) atoms. The summed E-state index contributed by atoms with van der Waals surface area (Å²) in [6.45, 7) is 11.3. The third kappa shape index (κ3) is 4.54. The molecule has 1 N–H and O–H groups in total. The van der Waals surface area contributed by atoms with Crippen LogP contribution in [0.2, 0.25) is 0 Å². The molecule has 2 rings (SSSR count). The standard InChI is InChI=1S/C16H29N3S/c1-4-8-14-15(11-17-13(3)5-2)20-16(18-14)12-19-9-6-7-10-19/h13,17H,4-12H2,1-3H3. The molecule has 0 amide bonds. The van der Waals surface area contributed by atoms with Crippen molar-refractivity contribution >= 4 is 11.3 Å². The molecule has 0 spiro atoms. The van der Waals surface area contributed by atoms with Gasteiger partial charge >= 0.3 is 0 Å². The van der Waals surface area contributed by atoms with Crippen LogP contribution in [-0.4, -0.2) is 29.0 Å². The summed E-state index contributed by atoms with van der Waals surface area (Å²) in [5.74, 6) is 0. The van der Waals surface area contributed by atoms with E-state index in [9.17, 15) is 0 Å². The maximum absolute atomic E-state index is 4.90. The number of rotatable bonds is 8. The van der Waals surface area contributed by atoms with E-state index in [0.29, 0.717) is 6.04 Å². The van der Waals surface area contributed by atoms with Gasteiger partial charge in [0.15, 0.2) is 0 Å². The molecule has 1 atom stereocenters. The zero-order chi connectivity index (χ0) is 14.4. The Morgan fingerprint density at radius 1 is 1.30 bits per heavy atom. The smallest absolute Gasteiger partial charge is 0.107 e. The summed E-state index contributed by atoms with van der Waals surface area (Å²) >= 11 is 1.92. The van der Waals surface area contributed by atoms with Crippen LogP contribution in [-0.2, 0) is 19.5 Å². The fourth-order valence-electron chi connectivity index (χ4n) is 2.62. The number of hydrogen-bond acceptors (Lipinski definition) is 4. The minimum absolute atomic E-state index is 0.591. The third-order valence-electron chi connectivity index (χ3n) is 4.09. The molecule has 1 saturated heterocycles. The van der Waals surface area contributed by atoms with Crippen LogP contribution in [0.15, 0.2) is 0 Å². The number of nitrogens with zero attached hydrogens (tertiary/aromatic N) is 2. The maximum atomic E-state index is 4.90. The molecule has 1 aliphatic heterocycles. The molecule has 1 fully saturated rings. The molecular formula is C16H29N3S. The molecular weight excluding hydrogens is 266 g/mol. The largest absolute Gasteiger partial charge is 0.309 e. The van der Waals surface area contributed by atoms with E-state index in [1.54, 1.807) is 0 Å². The summed E-state index contributed by atoms with van der Waals surface area (Å²) in [5, 5.41) is 4.93. The second-order valence-corrected chi connectivity index (χ2v) is 7.07. The van der Waals surface area contributed by atoms with Gasteiger partial charge in [-0.3, -0.25) is 4.90 Å². The van der Waals surface area contributed by atoms with Crippen molar-refractivity contribution in [2.45, 2.75) is 72.0 Å². The van der Waals surface area contributed by atoms with Crippen LogP contribution in [0.25, 0.3) is 0 Å². The first-order valence-corrected chi connectivity index (χ1v) is 8.97. The number of aromatic nitrogens is 1. The molecule has 1 aromatic rings. The summed E-state index contributed by atoms with van der Waals surface area (Å²) in [7, 11) is 0. The summed E-state index contributed by atoms with van der Waals surface area (Å²) in [6, 6.07) is 0.591. The first-order valence-electron chi connectivity index (χ1n) is 8.16. The highest BCUT2D eigenvalue weighted by molar-refractivity contribution is 7.11. The van der Waals surface area contributed by atoms with E-state index >= 15 is 0 Å². The Labute approximate surface area is 127 Å². The SMILES string of the molecule is CCCc1nc(CN2CCCC2)sc1CNC(C)CC. The first-order chi connectivity index (χ1) is 9.72. The minimum atomic E-state index is 0.591. The van der Waals surface area contributed by atoms with Crippen LogP contribution < -0.4 is 5.32 Å². The van der Waals surface area contributed by atoms with E-state index in [-0.39, 0.29) is 0 Å². The highest BCUT2D eigenvalue weighted by Crippen LogP contribution is 2.23. The second-order valence-electron chi connectivity index (χ2n) is 5.90. The van der Waals surface area contributed by atoms with Crippen LogP contribution in [0.3, 0.4) is 0 Å². The fraction of sp³-hybridized carbons (Fsp3) is 0.812. The zero-order valence-electron chi connectivity index (χ0n) is 13.2. The van der Waals surface area contributed by atoms with Gasteiger partial charge in [-0.15, -0.1) is 11.3 Å². The number of likely N-dealkylation sites (tertiary alicyclic amines) is 1. The Morgan fingerprint density at radius 3 is 2.70 bits per heavy atom. The van der Waals surface area contributed by atoms with Crippen molar-refractivity contribution in [2.24, 2.45) is 0 Å². The van der Waals surface area contributed by atoms with Gasteiger partial charge in [0, 0.05) is 17.5 Å². The summed E-state index contributed by atoms with van der Waals surface area (Å²) < 4.78 is 0. The third-order valence-corrected chi connectivity index (χ3v) is 5.17. The Kier molecular flexibility index (Phi) is 6.46. The van der Waals surface area contributed by atoms with E-state index in [1.165, 1.54) is 54.4 Å². The molecule has 114 valence electrons. The van der Waals surface area contributed by atoms with E-state index in [4.69, 9.17) is 4.98 Å². The van der Waals surface area contributed by atoms with Gasteiger partial charge in [-0.2, -0.15) is 0 Å². The van der Waals surface area contributed by atoms with Crippen molar-refractivity contribution in [1.82, 2.24) is 15.2 Å². The quantitative estimate of drug-likeness (QED) is 0.794. The maximum Gasteiger partial charge on any atom is 0.107 e. The summed E-state index contributed by atoms with van der Waals surface area (Å²) in [6.07, 6.45) is 6.20. The van der Waals surface area contributed by atoms with Crippen LogP contribution in [0.1, 0.15) is 62.0 Å². The lowest BCUT2D eigenvalue weighted by Gasteiger charge is -2.11. The molecule has 4 heteroatoms. The predicted octanol–water partition coefficient (Wildman–Crippen LogP) is 3.58. The van der Waals surface area contributed by atoms with Crippen LogP contribution in [0, 0.1) is 0 Å².